The first-order valence-electron chi connectivity index (χ1n) is 9.22. The van der Waals surface area contributed by atoms with Crippen molar-refractivity contribution in [2.75, 3.05) is 12.4 Å². The first kappa shape index (κ1) is 23.3. The van der Waals surface area contributed by atoms with Crippen LogP contribution in [-0.2, 0) is 22.6 Å². The summed E-state index contributed by atoms with van der Waals surface area (Å²) in [5.41, 5.74) is -1.35. The fraction of sp³-hybridized carbons (Fsp3) is 0.300. The Kier molecular flexibility index (Phi) is 6.47. The number of fused-ring (bicyclic) bond motifs is 1. The quantitative estimate of drug-likeness (QED) is 0.482. The summed E-state index contributed by atoms with van der Waals surface area (Å²) in [7, 11) is -3.62. The molecule has 0 bridgehead atoms. The molecule has 6 nitrogen and oxygen atoms in total. The van der Waals surface area contributed by atoms with Gasteiger partial charge in [0.25, 0.3) is 5.56 Å². The average molecular weight is 519 g/mol. The van der Waals surface area contributed by atoms with E-state index in [-0.39, 0.29) is 38.1 Å². The lowest BCUT2D eigenvalue weighted by Gasteiger charge is -2.14. The maximum absolute atomic E-state index is 13.2. The zero-order chi connectivity index (χ0) is 23.0. The number of alkyl halides is 3. The highest BCUT2D eigenvalue weighted by molar-refractivity contribution is 9.10. The predicted octanol–water partition coefficient (Wildman–Crippen LogP) is 4.42. The Bertz CT molecular complexity index is 1300. The molecule has 31 heavy (non-hydrogen) atoms. The summed E-state index contributed by atoms with van der Waals surface area (Å²) in [6, 6.07) is 6.02. The Labute approximate surface area is 184 Å². The van der Waals surface area contributed by atoms with Crippen molar-refractivity contribution in [3.63, 3.8) is 0 Å². The zero-order valence-electron chi connectivity index (χ0n) is 16.5. The topological polar surface area (TPSA) is 78.3 Å². The summed E-state index contributed by atoms with van der Waals surface area (Å²) < 4.78 is 71.1. The third kappa shape index (κ3) is 4.77. The lowest BCUT2D eigenvalue weighted by molar-refractivity contribution is -0.137. The van der Waals surface area contributed by atoms with Crippen molar-refractivity contribution in [3.8, 4) is 5.75 Å². The van der Waals surface area contributed by atoms with Crippen LogP contribution in [0, 0.1) is 0 Å². The summed E-state index contributed by atoms with van der Waals surface area (Å²) in [6.45, 7) is 3.41. The number of ether oxygens (including phenoxy) is 1. The largest absolute Gasteiger partial charge is 0.494 e. The molecule has 0 aliphatic rings. The maximum Gasteiger partial charge on any atom is 0.416 e. The minimum Gasteiger partial charge on any atom is -0.494 e. The van der Waals surface area contributed by atoms with E-state index in [0.717, 1.165) is 16.7 Å². The first-order valence-corrected chi connectivity index (χ1v) is 11.7. The van der Waals surface area contributed by atoms with Crippen LogP contribution in [0.25, 0.3) is 10.9 Å². The van der Waals surface area contributed by atoms with Crippen molar-refractivity contribution in [2.45, 2.75) is 31.5 Å². The second-order valence-electron chi connectivity index (χ2n) is 6.64. The molecule has 166 valence electrons. The molecule has 0 amide bonds. The van der Waals surface area contributed by atoms with Gasteiger partial charge in [-0.05, 0) is 58.7 Å². The summed E-state index contributed by atoms with van der Waals surface area (Å²) in [5.74, 6) is 0.261. The second kappa shape index (κ2) is 8.62. The minimum atomic E-state index is -4.64. The predicted molar refractivity (Wildman–Crippen MR) is 113 cm³/mol. The van der Waals surface area contributed by atoms with Gasteiger partial charge in [-0.2, -0.15) is 13.2 Å². The third-order valence-corrected chi connectivity index (χ3v) is 7.04. The molecular formula is C20H18BrF3N2O4S. The Balaban J connectivity index is 2.19. The number of hydrogen-bond donors (Lipinski definition) is 0. The van der Waals surface area contributed by atoms with Gasteiger partial charge in [-0.3, -0.25) is 9.36 Å². The standard InChI is InChI=1S/C20H18BrF3N2O4S/c1-3-30-14-5-6-17(31(28,29)4-2)12(7-14)10-26-11-25-18-15(19(26)27)8-13(9-16(18)21)20(22,23)24/h5-9,11H,3-4,10H2,1-2H3. The summed E-state index contributed by atoms with van der Waals surface area (Å²) in [5, 5.41) is -0.231. The molecule has 3 aromatic rings. The van der Waals surface area contributed by atoms with Crippen molar-refractivity contribution in [1.29, 1.82) is 0 Å². The van der Waals surface area contributed by atoms with Crippen LogP contribution in [0.4, 0.5) is 13.2 Å². The normalized spacial score (nSPS) is 12.3. The highest BCUT2D eigenvalue weighted by atomic mass is 79.9. The van der Waals surface area contributed by atoms with Gasteiger partial charge in [0, 0.05) is 4.47 Å². The number of benzene rings is 2. The molecule has 0 unspecified atom stereocenters. The van der Waals surface area contributed by atoms with Crippen molar-refractivity contribution < 1.29 is 26.3 Å². The second-order valence-corrected chi connectivity index (χ2v) is 9.74. The van der Waals surface area contributed by atoms with Gasteiger partial charge in [-0.1, -0.05) is 6.92 Å². The molecule has 0 saturated carbocycles. The molecule has 0 N–H and O–H groups in total. The van der Waals surface area contributed by atoms with Gasteiger partial charge >= 0.3 is 6.18 Å². The molecule has 1 heterocycles. The van der Waals surface area contributed by atoms with Crippen molar-refractivity contribution in [1.82, 2.24) is 9.55 Å². The van der Waals surface area contributed by atoms with Crippen molar-refractivity contribution in [2.24, 2.45) is 0 Å². The molecule has 0 fully saturated rings. The van der Waals surface area contributed by atoms with E-state index in [2.05, 4.69) is 20.9 Å². The van der Waals surface area contributed by atoms with Gasteiger partial charge in [0.1, 0.15) is 5.75 Å². The Hall–Kier alpha value is -2.40. The number of rotatable bonds is 6. The smallest absolute Gasteiger partial charge is 0.416 e. The summed E-state index contributed by atoms with van der Waals surface area (Å²) in [4.78, 5) is 17.1. The van der Waals surface area contributed by atoms with E-state index in [0.29, 0.717) is 12.4 Å². The van der Waals surface area contributed by atoms with Gasteiger partial charge in [0.2, 0.25) is 0 Å². The maximum atomic E-state index is 13.2. The van der Waals surface area contributed by atoms with E-state index in [4.69, 9.17) is 4.74 Å². The van der Waals surface area contributed by atoms with Crippen LogP contribution in [0.5, 0.6) is 5.75 Å². The molecule has 0 aliphatic heterocycles. The Morgan fingerprint density at radius 2 is 1.87 bits per heavy atom. The number of sulfone groups is 1. The number of aromatic nitrogens is 2. The molecule has 0 atom stereocenters. The fourth-order valence-corrected chi connectivity index (χ4v) is 4.75. The van der Waals surface area contributed by atoms with Crippen LogP contribution >= 0.6 is 15.9 Å². The SMILES string of the molecule is CCOc1ccc(S(=O)(=O)CC)c(Cn2cnc3c(Br)cc(C(F)(F)F)cc3c2=O)c1. The van der Waals surface area contributed by atoms with E-state index >= 15 is 0 Å². The highest BCUT2D eigenvalue weighted by Crippen LogP contribution is 2.34. The number of halogens is 4. The minimum absolute atomic E-state index is 0.0238. The van der Waals surface area contributed by atoms with E-state index in [1.54, 1.807) is 6.92 Å². The third-order valence-electron chi connectivity index (χ3n) is 4.61. The molecule has 1 aromatic heterocycles. The van der Waals surface area contributed by atoms with Crippen LogP contribution in [0.1, 0.15) is 25.0 Å². The molecule has 2 aromatic carbocycles. The van der Waals surface area contributed by atoms with Crippen LogP contribution in [0.15, 0.2) is 50.8 Å². The molecule has 11 heteroatoms. The Morgan fingerprint density at radius 3 is 2.48 bits per heavy atom. The van der Waals surface area contributed by atoms with Crippen LogP contribution in [0.3, 0.4) is 0 Å². The van der Waals surface area contributed by atoms with E-state index in [9.17, 15) is 26.4 Å². The molecule has 3 rings (SSSR count). The zero-order valence-corrected chi connectivity index (χ0v) is 18.9. The number of hydrogen-bond acceptors (Lipinski definition) is 5. The van der Waals surface area contributed by atoms with E-state index < -0.39 is 27.1 Å². The van der Waals surface area contributed by atoms with E-state index in [1.807, 2.05) is 0 Å². The van der Waals surface area contributed by atoms with Gasteiger partial charge in [0.05, 0.1) is 46.6 Å². The van der Waals surface area contributed by atoms with Gasteiger partial charge in [0.15, 0.2) is 9.84 Å². The molecule has 0 aliphatic carbocycles. The lowest BCUT2D eigenvalue weighted by atomic mass is 10.1. The molecule has 0 radical (unpaired) electrons. The van der Waals surface area contributed by atoms with Crippen molar-refractivity contribution >= 4 is 36.7 Å². The molecule has 0 saturated heterocycles. The summed E-state index contributed by atoms with van der Waals surface area (Å²) in [6.07, 6.45) is -3.46. The van der Waals surface area contributed by atoms with Crippen LogP contribution in [-0.4, -0.2) is 30.3 Å². The summed E-state index contributed by atoms with van der Waals surface area (Å²) >= 11 is 3.03. The van der Waals surface area contributed by atoms with E-state index in [1.165, 1.54) is 31.5 Å². The molecule has 0 spiro atoms. The van der Waals surface area contributed by atoms with Gasteiger partial charge in [-0.15, -0.1) is 0 Å². The first-order chi connectivity index (χ1) is 14.5. The van der Waals surface area contributed by atoms with Crippen molar-refractivity contribution in [3.05, 3.63) is 62.6 Å². The molecular weight excluding hydrogens is 501 g/mol. The van der Waals surface area contributed by atoms with Gasteiger partial charge < -0.3 is 4.74 Å². The average Bonchev–Trinajstić information content (AvgIpc) is 2.70. The Morgan fingerprint density at radius 1 is 1.16 bits per heavy atom. The number of nitrogens with zero attached hydrogens (tertiary/aromatic N) is 2. The van der Waals surface area contributed by atoms with Crippen LogP contribution in [0.2, 0.25) is 0 Å². The van der Waals surface area contributed by atoms with Crippen LogP contribution < -0.4 is 10.3 Å². The van der Waals surface area contributed by atoms with Gasteiger partial charge in [-0.25, -0.2) is 13.4 Å². The fourth-order valence-electron chi connectivity index (χ4n) is 3.08. The monoisotopic (exact) mass is 518 g/mol. The lowest BCUT2D eigenvalue weighted by Crippen LogP contribution is -2.23. The highest BCUT2D eigenvalue weighted by Gasteiger charge is 2.32.